The third-order valence-electron chi connectivity index (χ3n) is 5.58. The molecule has 1 heterocycles. The fraction of sp³-hybridized carbons (Fsp3) is 0.409. The second-order valence-electron chi connectivity index (χ2n) is 7.64. The van der Waals surface area contributed by atoms with Crippen molar-refractivity contribution in [3.8, 4) is 0 Å². The van der Waals surface area contributed by atoms with Crippen molar-refractivity contribution in [2.24, 2.45) is 11.8 Å². The van der Waals surface area contributed by atoms with E-state index in [0.29, 0.717) is 27.4 Å². The molecule has 1 aliphatic carbocycles. The van der Waals surface area contributed by atoms with Crippen LogP contribution in [0.5, 0.6) is 0 Å². The lowest BCUT2D eigenvalue weighted by Gasteiger charge is -2.34. The van der Waals surface area contributed by atoms with Crippen LogP contribution in [0.2, 0.25) is 5.02 Å². The number of hydrogen-bond donors (Lipinski definition) is 2. The summed E-state index contributed by atoms with van der Waals surface area (Å²) < 4.78 is 5.16. The Labute approximate surface area is 185 Å². The van der Waals surface area contributed by atoms with E-state index in [1.807, 2.05) is 0 Å². The van der Waals surface area contributed by atoms with Crippen LogP contribution in [0.4, 0.5) is 5.69 Å². The molecule has 3 rings (SSSR count). The standard InChI is InChI=1S/C22H25ClN2O4S/c1-13-5-3-6-17(14(13)2)24-20(26)12-29-22(28)15-8-9-16(23)18(11-15)25-21(27)19-7-4-10-30-19/h4,7-11,13-14,17H,3,5-6,12H2,1-2H3,(H,24,26)(H,25,27)/t13-,14+,17+/m1/s1. The molecule has 0 aliphatic heterocycles. The largest absolute Gasteiger partial charge is 0.452 e. The molecule has 8 heteroatoms. The molecule has 1 saturated carbocycles. The molecule has 1 aromatic heterocycles. The molecule has 160 valence electrons. The van der Waals surface area contributed by atoms with E-state index in [1.165, 1.54) is 36.0 Å². The van der Waals surface area contributed by atoms with E-state index >= 15 is 0 Å². The number of hydrogen-bond acceptors (Lipinski definition) is 5. The fourth-order valence-electron chi connectivity index (χ4n) is 3.59. The van der Waals surface area contributed by atoms with Crippen molar-refractivity contribution in [2.75, 3.05) is 11.9 Å². The summed E-state index contributed by atoms with van der Waals surface area (Å²) in [5.74, 6) is -0.326. The van der Waals surface area contributed by atoms with Crippen LogP contribution in [0.25, 0.3) is 0 Å². The van der Waals surface area contributed by atoms with Crippen LogP contribution >= 0.6 is 22.9 Å². The average molecular weight is 449 g/mol. The van der Waals surface area contributed by atoms with Crippen molar-refractivity contribution in [1.82, 2.24) is 5.32 Å². The van der Waals surface area contributed by atoms with Gasteiger partial charge in [-0.2, -0.15) is 0 Å². The molecule has 30 heavy (non-hydrogen) atoms. The van der Waals surface area contributed by atoms with Crippen LogP contribution in [0.3, 0.4) is 0 Å². The highest BCUT2D eigenvalue weighted by Crippen LogP contribution is 2.29. The van der Waals surface area contributed by atoms with Crippen LogP contribution in [-0.4, -0.2) is 30.4 Å². The zero-order valence-electron chi connectivity index (χ0n) is 16.9. The molecule has 1 aliphatic rings. The quantitative estimate of drug-likeness (QED) is 0.624. The zero-order valence-corrected chi connectivity index (χ0v) is 18.5. The Morgan fingerprint density at radius 3 is 2.73 bits per heavy atom. The number of benzene rings is 1. The summed E-state index contributed by atoms with van der Waals surface area (Å²) in [5, 5.41) is 7.76. The van der Waals surface area contributed by atoms with E-state index in [1.54, 1.807) is 17.5 Å². The first-order valence-electron chi connectivity index (χ1n) is 9.96. The van der Waals surface area contributed by atoms with Gasteiger partial charge in [0.15, 0.2) is 6.61 Å². The molecular formula is C22H25ClN2O4S. The van der Waals surface area contributed by atoms with E-state index in [0.717, 1.165) is 12.8 Å². The van der Waals surface area contributed by atoms with Gasteiger partial charge in [0.25, 0.3) is 11.8 Å². The molecule has 2 amide bonds. The number of halogens is 1. The molecule has 6 nitrogen and oxygen atoms in total. The second-order valence-corrected chi connectivity index (χ2v) is 9.00. The highest BCUT2D eigenvalue weighted by atomic mass is 35.5. The van der Waals surface area contributed by atoms with E-state index in [2.05, 4.69) is 24.5 Å². The highest BCUT2D eigenvalue weighted by molar-refractivity contribution is 7.12. The van der Waals surface area contributed by atoms with Gasteiger partial charge in [-0.3, -0.25) is 9.59 Å². The van der Waals surface area contributed by atoms with Crippen molar-refractivity contribution in [1.29, 1.82) is 0 Å². The SMILES string of the molecule is C[C@H]1[C@H](C)CCC[C@@H]1NC(=O)COC(=O)c1ccc(Cl)c(NC(=O)c2cccs2)c1. The Bertz CT molecular complexity index is 916. The zero-order chi connectivity index (χ0) is 21.7. The highest BCUT2D eigenvalue weighted by Gasteiger charge is 2.28. The summed E-state index contributed by atoms with van der Waals surface area (Å²) in [6.07, 6.45) is 3.20. The Morgan fingerprint density at radius 1 is 1.20 bits per heavy atom. The van der Waals surface area contributed by atoms with Gasteiger partial charge in [-0.15, -0.1) is 11.3 Å². The van der Waals surface area contributed by atoms with Gasteiger partial charge in [0.2, 0.25) is 0 Å². The lowest BCUT2D eigenvalue weighted by Crippen LogP contribution is -2.45. The van der Waals surface area contributed by atoms with Crippen LogP contribution in [0.1, 0.15) is 53.1 Å². The second kappa shape index (κ2) is 10.1. The lowest BCUT2D eigenvalue weighted by atomic mass is 9.78. The maximum Gasteiger partial charge on any atom is 0.338 e. The van der Waals surface area contributed by atoms with Crippen LogP contribution in [0.15, 0.2) is 35.7 Å². The summed E-state index contributed by atoms with van der Waals surface area (Å²) >= 11 is 7.44. The van der Waals surface area contributed by atoms with E-state index in [9.17, 15) is 14.4 Å². The first-order valence-corrected chi connectivity index (χ1v) is 11.2. The molecule has 0 saturated heterocycles. The molecule has 2 N–H and O–H groups in total. The van der Waals surface area contributed by atoms with Gasteiger partial charge >= 0.3 is 5.97 Å². The third-order valence-corrected chi connectivity index (χ3v) is 6.78. The predicted molar refractivity (Wildman–Crippen MR) is 118 cm³/mol. The van der Waals surface area contributed by atoms with Crippen molar-refractivity contribution < 1.29 is 19.1 Å². The van der Waals surface area contributed by atoms with Crippen molar-refractivity contribution in [2.45, 2.75) is 39.2 Å². The summed E-state index contributed by atoms with van der Waals surface area (Å²) in [4.78, 5) is 37.4. The van der Waals surface area contributed by atoms with E-state index in [-0.39, 0.29) is 30.0 Å². The molecule has 0 bridgehead atoms. The van der Waals surface area contributed by atoms with Gasteiger partial charge in [0.1, 0.15) is 0 Å². The maximum absolute atomic E-state index is 12.4. The van der Waals surface area contributed by atoms with E-state index < -0.39 is 5.97 Å². The monoisotopic (exact) mass is 448 g/mol. The minimum Gasteiger partial charge on any atom is -0.452 e. The molecule has 0 unspecified atom stereocenters. The first kappa shape index (κ1) is 22.3. The van der Waals surface area contributed by atoms with Crippen molar-refractivity contribution >= 4 is 46.4 Å². The van der Waals surface area contributed by atoms with Crippen LogP contribution < -0.4 is 10.6 Å². The number of anilines is 1. The van der Waals surface area contributed by atoms with Gasteiger partial charge < -0.3 is 15.4 Å². The number of amides is 2. The Morgan fingerprint density at radius 2 is 2.00 bits per heavy atom. The molecule has 2 aromatic rings. The Balaban J connectivity index is 1.56. The average Bonchev–Trinajstić information content (AvgIpc) is 3.26. The fourth-order valence-corrected chi connectivity index (χ4v) is 4.37. The van der Waals surface area contributed by atoms with Crippen LogP contribution in [0, 0.1) is 11.8 Å². The van der Waals surface area contributed by atoms with Gasteiger partial charge in [-0.25, -0.2) is 4.79 Å². The molecule has 3 atom stereocenters. The number of thiophene rings is 1. The predicted octanol–water partition coefficient (Wildman–Crippen LogP) is 4.75. The van der Waals surface area contributed by atoms with Gasteiger partial charge in [0.05, 0.1) is 21.2 Å². The van der Waals surface area contributed by atoms with Gasteiger partial charge in [-0.05, 0) is 47.9 Å². The lowest BCUT2D eigenvalue weighted by molar-refractivity contribution is -0.125. The number of esters is 1. The smallest absolute Gasteiger partial charge is 0.338 e. The van der Waals surface area contributed by atoms with Crippen LogP contribution in [-0.2, 0) is 9.53 Å². The number of rotatable bonds is 6. The van der Waals surface area contributed by atoms with Crippen molar-refractivity contribution in [3.63, 3.8) is 0 Å². The molecule has 1 aromatic carbocycles. The topological polar surface area (TPSA) is 84.5 Å². The Hall–Kier alpha value is -2.38. The first-order chi connectivity index (χ1) is 14.3. The maximum atomic E-state index is 12.4. The number of ether oxygens (including phenoxy) is 1. The summed E-state index contributed by atoms with van der Waals surface area (Å²) in [5.41, 5.74) is 0.507. The molecule has 1 fully saturated rings. The van der Waals surface area contributed by atoms with E-state index in [4.69, 9.17) is 16.3 Å². The number of carbonyl (C=O) groups is 3. The molecule has 0 spiro atoms. The van der Waals surface area contributed by atoms with Crippen molar-refractivity contribution in [3.05, 3.63) is 51.2 Å². The number of carbonyl (C=O) groups excluding carboxylic acids is 3. The van der Waals surface area contributed by atoms with Gasteiger partial charge in [0, 0.05) is 6.04 Å². The summed E-state index contributed by atoms with van der Waals surface area (Å²) in [7, 11) is 0. The summed E-state index contributed by atoms with van der Waals surface area (Å²) in [6.45, 7) is 3.98. The molecular weight excluding hydrogens is 424 g/mol. The van der Waals surface area contributed by atoms with Gasteiger partial charge in [-0.1, -0.05) is 44.4 Å². The Kier molecular flexibility index (Phi) is 7.50. The normalized spacial score (nSPS) is 21.0. The summed E-state index contributed by atoms with van der Waals surface area (Å²) in [6, 6.07) is 8.02. The minimum absolute atomic E-state index is 0.106. The number of nitrogens with one attached hydrogen (secondary N) is 2. The molecule has 0 radical (unpaired) electrons. The third kappa shape index (κ3) is 5.61. The minimum atomic E-state index is -0.654.